The summed E-state index contributed by atoms with van der Waals surface area (Å²) in [5.74, 6) is 0. The zero-order valence-corrected chi connectivity index (χ0v) is 16.1. The lowest BCUT2D eigenvalue weighted by molar-refractivity contribution is 0.0975. The Bertz CT molecular complexity index is 550. The highest BCUT2D eigenvalue weighted by molar-refractivity contribution is 5.53. The topological polar surface area (TPSA) is 80.9 Å². The Hall–Kier alpha value is -1.20. The lowest BCUT2D eigenvalue weighted by Gasteiger charge is -2.33. The van der Waals surface area contributed by atoms with Crippen LogP contribution >= 0.6 is 0 Å². The Labute approximate surface area is 145 Å². The standard InChI is InChI=1S/C20H32O4/c1-17(2,21)13-9-10-14(18(3,4)22)12-16(20(7,8)24)15(11-13)19(5,6)23/h9-12,21-24H,1-8H3/b10-9-,13-9?,13-11+,14-10?,14-12+,15-11?,16-12?,16-15-. The van der Waals surface area contributed by atoms with Gasteiger partial charge < -0.3 is 20.4 Å². The fourth-order valence-corrected chi connectivity index (χ4v) is 2.52. The first-order valence-corrected chi connectivity index (χ1v) is 8.21. The van der Waals surface area contributed by atoms with Gasteiger partial charge in [-0.05, 0) is 89.8 Å². The van der Waals surface area contributed by atoms with E-state index < -0.39 is 22.4 Å². The number of aliphatic hydroxyl groups is 4. The lowest BCUT2D eigenvalue weighted by Crippen LogP contribution is -2.33. The molecule has 0 unspecified atom stereocenters. The van der Waals surface area contributed by atoms with Crippen molar-refractivity contribution in [1.29, 1.82) is 0 Å². The number of rotatable bonds is 4. The Balaban J connectivity index is 3.90. The van der Waals surface area contributed by atoms with Crippen LogP contribution in [0.25, 0.3) is 0 Å². The molecule has 0 atom stereocenters. The Morgan fingerprint density at radius 3 is 0.917 bits per heavy atom. The predicted octanol–water partition coefficient (Wildman–Crippen LogP) is 2.79. The van der Waals surface area contributed by atoms with Gasteiger partial charge in [0.05, 0.1) is 22.4 Å². The molecule has 0 aromatic rings. The summed E-state index contributed by atoms with van der Waals surface area (Å²) in [6.45, 7) is 13.2. The minimum atomic E-state index is -1.24. The summed E-state index contributed by atoms with van der Waals surface area (Å²) in [7, 11) is 0. The minimum absolute atomic E-state index is 0.498. The number of hydrogen-bond donors (Lipinski definition) is 4. The number of hydrogen-bond acceptors (Lipinski definition) is 4. The molecule has 1 aliphatic carbocycles. The summed E-state index contributed by atoms with van der Waals surface area (Å²) in [5.41, 5.74) is -2.60. The van der Waals surface area contributed by atoms with E-state index in [0.29, 0.717) is 22.3 Å². The van der Waals surface area contributed by atoms with E-state index in [1.165, 1.54) is 0 Å². The molecule has 4 heteroatoms. The van der Waals surface area contributed by atoms with Crippen LogP contribution in [0.1, 0.15) is 55.4 Å². The molecular weight excluding hydrogens is 304 g/mol. The fourth-order valence-electron chi connectivity index (χ4n) is 2.52. The van der Waals surface area contributed by atoms with Gasteiger partial charge in [-0.25, -0.2) is 0 Å². The first-order chi connectivity index (χ1) is 10.4. The zero-order valence-electron chi connectivity index (χ0n) is 16.1. The van der Waals surface area contributed by atoms with Gasteiger partial charge in [-0.2, -0.15) is 0 Å². The van der Waals surface area contributed by atoms with Crippen LogP contribution in [0, 0.1) is 0 Å². The molecule has 1 rings (SSSR count). The third-order valence-electron chi connectivity index (χ3n) is 4.06. The Morgan fingerprint density at radius 1 is 0.500 bits per heavy atom. The second-order valence-corrected chi connectivity index (χ2v) is 8.60. The van der Waals surface area contributed by atoms with Crippen molar-refractivity contribution in [3.63, 3.8) is 0 Å². The molecule has 0 fully saturated rings. The molecule has 4 nitrogen and oxygen atoms in total. The first kappa shape index (κ1) is 20.8. The monoisotopic (exact) mass is 336 g/mol. The summed E-state index contributed by atoms with van der Waals surface area (Å²) in [6, 6.07) is 0. The zero-order chi connectivity index (χ0) is 19.1. The molecule has 0 saturated carbocycles. The highest BCUT2D eigenvalue weighted by atomic mass is 16.3. The van der Waals surface area contributed by atoms with E-state index >= 15 is 0 Å². The van der Waals surface area contributed by atoms with Gasteiger partial charge in [-0.1, -0.05) is 12.2 Å². The van der Waals surface area contributed by atoms with Gasteiger partial charge in [-0.3, -0.25) is 0 Å². The molecular formula is C20H32O4. The summed E-state index contributed by atoms with van der Waals surface area (Å²) in [6.07, 6.45) is 6.89. The third-order valence-corrected chi connectivity index (χ3v) is 4.06. The molecule has 0 heterocycles. The second kappa shape index (κ2) is 6.26. The van der Waals surface area contributed by atoms with Gasteiger partial charge in [0, 0.05) is 0 Å². The first-order valence-electron chi connectivity index (χ1n) is 8.21. The van der Waals surface area contributed by atoms with Crippen molar-refractivity contribution in [2.24, 2.45) is 0 Å². The molecule has 4 N–H and O–H groups in total. The maximum atomic E-state index is 10.7. The smallest absolute Gasteiger partial charge is 0.0844 e. The van der Waals surface area contributed by atoms with Crippen LogP contribution in [0.4, 0.5) is 0 Å². The van der Waals surface area contributed by atoms with Crippen LogP contribution in [-0.4, -0.2) is 42.8 Å². The Kier molecular flexibility index (Phi) is 5.44. The van der Waals surface area contributed by atoms with E-state index in [-0.39, 0.29) is 0 Å². The molecule has 0 aromatic heterocycles. The van der Waals surface area contributed by atoms with E-state index in [9.17, 15) is 20.4 Å². The maximum absolute atomic E-state index is 10.7. The van der Waals surface area contributed by atoms with Crippen LogP contribution < -0.4 is 0 Å². The van der Waals surface area contributed by atoms with Gasteiger partial charge in [-0.15, -0.1) is 0 Å². The van der Waals surface area contributed by atoms with Crippen LogP contribution in [0.5, 0.6) is 0 Å². The van der Waals surface area contributed by atoms with Crippen LogP contribution in [-0.2, 0) is 0 Å². The van der Waals surface area contributed by atoms with Gasteiger partial charge in [0.1, 0.15) is 0 Å². The third kappa shape index (κ3) is 5.15. The SMILES string of the molecule is CC(C)(O)C1=C(C(C)(C)O)/C=C(C(C)(C)O)\C=C/C(C(C)(C)O)=C\1. The van der Waals surface area contributed by atoms with Crippen LogP contribution in [0.3, 0.4) is 0 Å². The predicted molar refractivity (Wildman–Crippen MR) is 97.5 cm³/mol. The van der Waals surface area contributed by atoms with Crippen molar-refractivity contribution < 1.29 is 20.4 Å². The summed E-state index contributed by atoms with van der Waals surface area (Å²) < 4.78 is 0. The molecule has 0 amide bonds. The Morgan fingerprint density at radius 2 is 0.750 bits per heavy atom. The van der Waals surface area contributed by atoms with E-state index in [1.54, 1.807) is 79.7 Å². The molecule has 0 bridgehead atoms. The molecule has 0 aliphatic heterocycles. The van der Waals surface area contributed by atoms with Crippen molar-refractivity contribution in [3.05, 3.63) is 46.6 Å². The minimum Gasteiger partial charge on any atom is -0.386 e. The highest BCUT2D eigenvalue weighted by Gasteiger charge is 2.32. The van der Waals surface area contributed by atoms with E-state index in [1.807, 2.05) is 0 Å². The van der Waals surface area contributed by atoms with Crippen molar-refractivity contribution in [3.8, 4) is 0 Å². The molecule has 0 aromatic carbocycles. The summed E-state index contributed by atoms with van der Waals surface area (Å²) in [4.78, 5) is 0. The quantitative estimate of drug-likeness (QED) is 0.636. The molecule has 24 heavy (non-hydrogen) atoms. The lowest BCUT2D eigenvalue weighted by atomic mass is 9.79. The van der Waals surface area contributed by atoms with Crippen molar-refractivity contribution in [2.45, 2.75) is 77.8 Å². The maximum Gasteiger partial charge on any atom is 0.0844 e. The van der Waals surface area contributed by atoms with Gasteiger partial charge in [0.2, 0.25) is 0 Å². The molecule has 0 radical (unpaired) electrons. The summed E-state index contributed by atoms with van der Waals surface area (Å²) in [5, 5.41) is 42.2. The fraction of sp³-hybridized carbons (Fsp3) is 0.600. The average Bonchev–Trinajstić information content (AvgIpc) is 2.20. The van der Waals surface area contributed by atoms with Gasteiger partial charge >= 0.3 is 0 Å². The van der Waals surface area contributed by atoms with Crippen molar-refractivity contribution in [2.75, 3.05) is 0 Å². The molecule has 0 spiro atoms. The van der Waals surface area contributed by atoms with Crippen molar-refractivity contribution in [1.82, 2.24) is 0 Å². The van der Waals surface area contributed by atoms with Crippen molar-refractivity contribution >= 4 is 0 Å². The van der Waals surface area contributed by atoms with Crippen LogP contribution in [0.2, 0.25) is 0 Å². The highest BCUT2D eigenvalue weighted by Crippen LogP contribution is 2.35. The normalized spacial score (nSPS) is 26.8. The molecule has 0 saturated heterocycles. The largest absolute Gasteiger partial charge is 0.386 e. The van der Waals surface area contributed by atoms with E-state index in [2.05, 4.69) is 0 Å². The van der Waals surface area contributed by atoms with E-state index in [0.717, 1.165) is 0 Å². The van der Waals surface area contributed by atoms with Gasteiger partial charge in [0.15, 0.2) is 0 Å². The van der Waals surface area contributed by atoms with E-state index in [4.69, 9.17) is 0 Å². The van der Waals surface area contributed by atoms with Crippen LogP contribution in [0.15, 0.2) is 46.6 Å². The molecule has 1 aliphatic rings. The molecule has 136 valence electrons. The average molecular weight is 336 g/mol. The summed E-state index contributed by atoms with van der Waals surface area (Å²) >= 11 is 0. The second-order valence-electron chi connectivity index (χ2n) is 8.60. The van der Waals surface area contributed by atoms with Gasteiger partial charge in [0.25, 0.3) is 0 Å².